The van der Waals surface area contributed by atoms with E-state index < -0.39 is 0 Å². The lowest BCUT2D eigenvalue weighted by Gasteiger charge is -2.13. The van der Waals surface area contributed by atoms with Crippen molar-refractivity contribution in [1.82, 2.24) is 19.5 Å². The molecule has 0 aliphatic rings. The van der Waals surface area contributed by atoms with Gasteiger partial charge in [0.2, 0.25) is 0 Å². The van der Waals surface area contributed by atoms with Crippen LogP contribution in [0.4, 0.5) is 0 Å². The Kier molecular flexibility index (Phi) is 6.07. The molecule has 0 aliphatic carbocycles. The van der Waals surface area contributed by atoms with Crippen molar-refractivity contribution in [3.8, 4) is 0 Å². The van der Waals surface area contributed by atoms with E-state index in [-0.39, 0.29) is 5.56 Å². The van der Waals surface area contributed by atoms with E-state index in [4.69, 9.17) is 16.0 Å². The summed E-state index contributed by atoms with van der Waals surface area (Å²) < 4.78 is 7.42. The molecule has 1 aromatic carbocycles. The Labute approximate surface area is 176 Å². The fourth-order valence-electron chi connectivity index (χ4n) is 2.86. The van der Waals surface area contributed by atoms with Gasteiger partial charge in [-0.3, -0.25) is 4.79 Å². The molecule has 0 bridgehead atoms. The molecule has 0 saturated heterocycles. The van der Waals surface area contributed by atoms with Gasteiger partial charge in [0, 0.05) is 41.4 Å². The summed E-state index contributed by atoms with van der Waals surface area (Å²) in [5.41, 5.74) is 2.25. The fraction of sp³-hybridized carbons (Fsp3) is 0.143. The Bertz CT molecular complexity index is 1150. The lowest BCUT2D eigenvalue weighted by molar-refractivity contribution is 0.478. The Hall–Kier alpha value is -2.90. The normalized spacial score (nSPS) is 10.9. The Morgan fingerprint density at radius 1 is 1.10 bits per heavy atom. The van der Waals surface area contributed by atoms with E-state index in [0.717, 1.165) is 16.9 Å². The standard InChI is InChI=1S/C21H17ClN4O2S/c22-18-4-1-3-15(8-18)13-29-21-25-20(27)17(7-16-9-23-14-24-10-16)11-26(21)12-19-5-2-6-28-19/h1-6,8-11,14H,7,12-13H2. The van der Waals surface area contributed by atoms with Crippen LogP contribution in [0.5, 0.6) is 0 Å². The maximum absolute atomic E-state index is 12.6. The number of aromatic nitrogens is 4. The highest BCUT2D eigenvalue weighted by Crippen LogP contribution is 2.23. The topological polar surface area (TPSA) is 73.8 Å². The van der Waals surface area contributed by atoms with E-state index in [1.165, 1.54) is 18.1 Å². The molecular formula is C21H17ClN4O2S. The average Bonchev–Trinajstić information content (AvgIpc) is 3.23. The molecule has 0 radical (unpaired) electrons. The number of rotatable bonds is 7. The summed E-state index contributed by atoms with van der Waals surface area (Å²) in [5, 5.41) is 1.31. The number of hydrogen-bond donors (Lipinski definition) is 0. The number of furan rings is 1. The zero-order valence-electron chi connectivity index (χ0n) is 15.4. The lowest BCUT2D eigenvalue weighted by Crippen LogP contribution is -2.20. The van der Waals surface area contributed by atoms with Gasteiger partial charge >= 0.3 is 0 Å². The van der Waals surface area contributed by atoms with Gasteiger partial charge in [-0.15, -0.1) is 0 Å². The molecule has 0 aliphatic heterocycles. The highest BCUT2D eigenvalue weighted by atomic mass is 35.5. The minimum Gasteiger partial charge on any atom is -0.467 e. The van der Waals surface area contributed by atoms with Crippen molar-refractivity contribution in [2.75, 3.05) is 0 Å². The zero-order chi connectivity index (χ0) is 20.1. The van der Waals surface area contributed by atoms with E-state index in [1.807, 2.05) is 47.2 Å². The highest BCUT2D eigenvalue weighted by Gasteiger charge is 2.12. The van der Waals surface area contributed by atoms with Crippen LogP contribution in [0.25, 0.3) is 0 Å². The molecular weight excluding hydrogens is 408 g/mol. The van der Waals surface area contributed by atoms with Crippen molar-refractivity contribution in [1.29, 1.82) is 0 Å². The first-order valence-corrected chi connectivity index (χ1v) is 10.3. The van der Waals surface area contributed by atoms with Crippen LogP contribution in [0.2, 0.25) is 5.02 Å². The van der Waals surface area contributed by atoms with Crippen LogP contribution >= 0.6 is 23.4 Å². The molecule has 3 heterocycles. The summed E-state index contributed by atoms with van der Waals surface area (Å²) in [7, 11) is 0. The summed E-state index contributed by atoms with van der Waals surface area (Å²) in [4.78, 5) is 25.0. The Morgan fingerprint density at radius 3 is 2.72 bits per heavy atom. The van der Waals surface area contributed by atoms with Crippen molar-refractivity contribution in [2.45, 2.75) is 23.9 Å². The molecule has 4 rings (SSSR count). The van der Waals surface area contributed by atoms with Crippen LogP contribution in [0.15, 0.2) is 81.9 Å². The third-order valence-electron chi connectivity index (χ3n) is 4.20. The van der Waals surface area contributed by atoms with Crippen LogP contribution in [-0.2, 0) is 18.7 Å². The summed E-state index contributed by atoms with van der Waals surface area (Å²) in [6.45, 7) is 0.483. The molecule has 8 heteroatoms. The fourth-order valence-corrected chi connectivity index (χ4v) is 3.98. The van der Waals surface area contributed by atoms with Crippen molar-refractivity contribution in [3.63, 3.8) is 0 Å². The highest BCUT2D eigenvalue weighted by molar-refractivity contribution is 7.98. The number of thioether (sulfide) groups is 1. The Morgan fingerprint density at radius 2 is 1.97 bits per heavy atom. The molecule has 3 aromatic heterocycles. The van der Waals surface area contributed by atoms with Crippen LogP contribution in [0.1, 0.15) is 22.5 Å². The second-order valence-corrected chi connectivity index (χ2v) is 7.78. The summed E-state index contributed by atoms with van der Waals surface area (Å²) in [6, 6.07) is 11.4. The first-order chi connectivity index (χ1) is 14.2. The summed E-state index contributed by atoms with van der Waals surface area (Å²) in [5.74, 6) is 1.44. The third kappa shape index (κ3) is 5.13. The molecule has 4 aromatic rings. The number of halogens is 1. The predicted octanol–water partition coefficient (Wildman–Crippen LogP) is 4.21. The van der Waals surface area contributed by atoms with Crippen molar-refractivity contribution < 1.29 is 4.42 Å². The molecule has 0 N–H and O–H groups in total. The van der Waals surface area contributed by atoms with Crippen LogP contribution < -0.4 is 5.56 Å². The number of benzene rings is 1. The van der Waals surface area contributed by atoms with Crippen LogP contribution in [0.3, 0.4) is 0 Å². The van der Waals surface area contributed by atoms with E-state index in [1.54, 1.807) is 18.7 Å². The van der Waals surface area contributed by atoms with Gasteiger partial charge in [-0.05, 0) is 35.4 Å². The van der Waals surface area contributed by atoms with Crippen LogP contribution in [-0.4, -0.2) is 19.5 Å². The van der Waals surface area contributed by atoms with Gasteiger partial charge in [0.15, 0.2) is 5.16 Å². The van der Waals surface area contributed by atoms with Gasteiger partial charge in [-0.1, -0.05) is 35.5 Å². The summed E-state index contributed by atoms with van der Waals surface area (Å²) >= 11 is 7.56. The largest absolute Gasteiger partial charge is 0.467 e. The molecule has 0 unspecified atom stereocenters. The predicted molar refractivity (Wildman–Crippen MR) is 112 cm³/mol. The second kappa shape index (κ2) is 9.07. The maximum Gasteiger partial charge on any atom is 0.277 e. The first kappa shape index (κ1) is 19.4. The molecule has 0 amide bonds. The van der Waals surface area contributed by atoms with E-state index >= 15 is 0 Å². The molecule has 29 heavy (non-hydrogen) atoms. The zero-order valence-corrected chi connectivity index (χ0v) is 16.9. The third-order valence-corrected chi connectivity index (χ3v) is 5.50. The molecule has 146 valence electrons. The average molecular weight is 425 g/mol. The minimum absolute atomic E-state index is 0.252. The molecule has 0 spiro atoms. The van der Waals surface area contributed by atoms with E-state index in [2.05, 4.69) is 15.0 Å². The van der Waals surface area contributed by atoms with Gasteiger partial charge in [-0.25, -0.2) is 9.97 Å². The maximum atomic E-state index is 12.6. The van der Waals surface area contributed by atoms with Gasteiger partial charge < -0.3 is 8.98 Å². The van der Waals surface area contributed by atoms with Crippen molar-refractivity contribution in [2.24, 2.45) is 0 Å². The van der Waals surface area contributed by atoms with Crippen molar-refractivity contribution in [3.05, 3.63) is 105 Å². The number of hydrogen-bond acceptors (Lipinski definition) is 6. The smallest absolute Gasteiger partial charge is 0.277 e. The van der Waals surface area contributed by atoms with Crippen molar-refractivity contribution >= 4 is 23.4 Å². The Balaban J connectivity index is 1.63. The van der Waals surface area contributed by atoms with E-state index in [9.17, 15) is 4.79 Å². The molecule has 0 atom stereocenters. The molecule has 0 fully saturated rings. The van der Waals surface area contributed by atoms with E-state index in [0.29, 0.717) is 34.5 Å². The molecule has 6 nitrogen and oxygen atoms in total. The van der Waals surface area contributed by atoms with Gasteiger partial charge in [0.1, 0.15) is 12.1 Å². The lowest BCUT2D eigenvalue weighted by atomic mass is 10.1. The molecule has 0 saturated carbocycles. The van der Waals surface area contributed by atoms with Gasteiger partial charge in [0.25, 0.3) is 5.56 Å². The quantitative estimate of drug-likeness (QED) is 0.327. The SMILES string of the molecule is O=c1nc(SCc2cccc(Cl)c2)n(Cc2ccco2)cc1Cc1cncnc1. The number of nitrogens with zero attached hydrogens (tertiary/aromatic N) is 4. The summed E-state index contributed by atoms with van der Waals surface area (Å²) in [6.07, 6.45) is 8.75. The second-order valence-electron chi connectivity index (χ2n) is 6.40. The minimum atomic E-state index is -0.252. The monoisotopic (exact) mass is 424 g/mol. The van der Waals surface area contributed by atoms with Gasteiger partial charge in [0.05, 0.1) is 12.8 Å². The van der Waals surface area contributed by atoms with Crippen LogP contribution in [0, 0.1) is 0 Å². The van der Waals surface area contributed by atoms with Gasteiger partial charge in [-0.2, -0.15) is 4.98 Å². The first-order valence-electron chi connectivity index (χ1n) is 8.91.